The largest absolute Gasteiger partial charge is 0.382 e. The van der Waals surface area contributed by atoms with Gasteiger partial charge in [-0.1, -0.05) is 18.2 Å². The van der Waals surface area contributed by atoms with Gasteiger partial charge in [-0.15, -0.1) is 5.10 Å². The van der Waals surface area contributed by atoms with Crippen molar-refractivity contribution in [3.05, 3.63) is 48.2 Å². The molecule has 0 saturated carbocycles. The Morgan fingerprint density at radius 2 is 1.94 bits per heavy atom. The van der Waals surface area contributed by atoms with Gasteiger partial charge < -0.3 is 5.73 Å². The predicted octanol–water partition coefficient (Wildman–Crippen LogP) is 2.31. The molecule has 0 fully saturated rings. The second kappa shape index (κ2) is 3.59. The molecule has 1 aromatic carbocycles. The summed E-state index contributed by atoms with van der Waals surface area (Å²) in [6.07, 6.45) is 1.75. The molecule has 17 heavy (non-hydrogen) atoms. The zero-order chi connectivity index (χ0) is 11.8. The quantitative estimate of drug-likeness (QED) is 0.690. The highest BCUT2D eigenvalue weighted by Crippen LogP contribution is 2.22. The van der Waals surface area contributed by atoms with Crippen LogP contribution in [0.5, 0.6) is 0 Å². The van der Waals surface area contributed by atoms with Crippen LogP contribution in [-0.4, -0.2) is 14.8 Å². The van der Waals surface area contributed by atoms with E-state index in [0.717, 1.165) is 22.3 Å². The summed E-state index contributed by atoms with van der Waals surface area (Å²) >= 11 is 0. The molecule has 4 heteroatoms. The molecule has 2 aromatic heterocycles. The van der Waals surface area contributed by atoms with Crippen molar-refractivity contribution >= 4 is 16.9 Å². The lowest BCUT2D eigenvalue weighted by atomic mass is 10.2. The molecule has 2 N–H and O–H groups in total. The number of nitrogens with zero attached hydrogens (tertiary/aromatic N) is 3. The summed E-state index contributed by atoms with van der Waals surface area (Å²) in [5, 5.41) is 5.24. The summed E-state index contributed by atoms with van der Waals surface area (Å²) < 4.78 is 1.79. The number of hydrogen-bond acceptors (Lipinski definition) is 3. The minimum absolute atomic E-state index is 0.511. The van der Waals surface area contributed by atoms with Gasteiger partial charge >= 0.3 is 0 Å². The molecule has 4 nitrogen and oxygen atoms in total. The Balaban J connectivity index is 2.35. The molecule has 3 aromatic rings. The fourth-order valence-electron chi connectivity index (χ4n) is 1.94. The smallest absolute Gasteiger partial charge is 0.165 e. The number of aromatic nitrogens is 3. The van der Waals surface area contributed by atoms with Crippen LogP contribution in [0.25, 0.3) is 16.7 Å². The maximum Gasteiger partial charge on any atom is 0.165 e. The topological polar surface area (TPSA) is 56.7 Å². The Morgan fingerprint density at radius 3 is 2.76 bits per heavy atom. The highest BCUT2D eigenvalue weighted by atomic mass is 15.3. The van der Waals surface area contributed by atoms with Crippen molar-refractivity contribution in [1.82, 2.24) is 14.8 Å². The Labute approximate surface area is 98.7 Å². The lowest BCUT2D eigenvalue weighted by Crippen LogP contribution is -2.00. The number of benzene rings is 1. The zero-order valence-electron chi connectivity index (χ0n) is 9.46. The number of fused-ring (bicyclic) bond motifs is 1. The van der Waals surface area contributed by atoms with Gasteiger partial charge in [0.2, 0.25) is 0 Å². The Morgan fingerprint density at radius 1 is 1.12 bits per heavy atom. The highest BCUT2D eigenvalue weighted by molar-refractivity contribution is 5.87. The number of anilines is 1. The molecule has 2 heterocycles. The fraction of sp³-hybridized carbons (Fsp3) is 0.0769. The molecule has 0 unspecified atom stereocenters. The van der Waals surface area contributed by atoms with Gasteiger partial charge in [-0.25, -0.2) is 9.67 Å². The Bertz CT molecular complexity index is 685. The first-order chi connectivity index (χ1) is 8.27. The third kappa shape index (κ3) is 1.45. The van der Waals surface area contributed by atoms with Crippen molar-refractivity contribution < 1.29 is 0 Å². The molecule has 0 aliphatic carbocycles. The molecule has 0 spiro atoms. The van der Waals surface area contributed by atoms with Gasteiger partial charge in [0, 0.05) is 6.20 Å². The Kier molecular flexibility index (Phi) is 2.08. The summed E-state index contributed by atoms with van der Waals surface area (Å²) in [6.45, 7) is 2.04. The lowest BCUT2D eigenvalue weighted by molar-refractivity contribution is 0.894. The minimum Gasteiger partial charge on any atom is -0.382 e. The van der Waals surface area contributed by atoms with Crippen molar-refractivity contribution in [2.24, 2.45) is 0 Å². The van der Waals surface area contributed by atoms with E-state index in [1.807, 2.05) is 43.3 Å². The minimum atomic E-state index is 0.511. The van der Waals surface area contributed by atoms with Crippen LogP contribution in [-0.2, 0) is 0 Å². The number of aryl methyl sites for hydroxylation is 1. The fourth-order valence-corrected chi connectivity index (χ4v) is 1.94. The SMILES string of the molecule is Cc1ccccc1-n1nc(N)c2cccnc21. The van der Waals surface area contributed by atoms with Crippen LogP contribution in [0.2, 0.25) is 0 Å². The lowest BCUT2D eigenvalue weighted by Gasteiger charge is -2.05. The van der Waals surface area contributed by atoms with Crippen molar-refractivity contribution in [3.63, 3.8) is 0 Å². The molecular weight excluding hydrogens is 212 g/mol. The summed E-state index contributed by atoms with van der Waals surface area (Å²) in [4.78, 5) is 4.34. The van der Waals surface area contributed by atoms with Gasteiger partial charge in [0.1, 0.15) is 0 Å². The van der Waals surface area contributed by atoms with Gasteiger partial charge in [0.15, 0.2) is 11.5 Å². The molecule has 0 radical (unpaired) electrons. The van der Waals surface area contributed by atoms with E-state index in [9.17, 15) is 0 Å². The van der Waals surface area contributed by atoms with E-state index < -0.39 is 0 Å². The van der Waals surface area contributed by atoms with Crippen LogP contribution in [0.3, 0.4) is 0 Å². The third-order valence-electron chi connectivity index (χ3n) is 2.81. The average Bonchev–Trinajstić information content (AvgIpc) is 2.68. The van der Waals surface area contributed by atoms with Gasteiger partial charge in [-0.3, -0.25) is 0 Å². The average molecular weight is 224 g/mol. The van der Waals surface area contributed by atoms with E-state index in [1.165, 1.54) is 0 Å². The molecule has 0 amide bonds. The summed E-state index contributed by atoms with van der Waals surface area (Å²) in [5.41, 5.74) is 8.83. The van der Waals surface area contributed by atoms with Crippen molar-refractivity contribution in [1.29, 1.82) is 0 Å². The Hall–Kier alpha value is -2.36. The number of pyridine rings is 1. The number of rotatable bonds is 1. The molecule has 3 rings (SSSR count). The first-order valence-electron chi connectivity index (χ1n) is 5.42. The van der Waals surface area contributed by atoms with E-state index in [2.05, 4.69) is 10.1 Å². The molecule has 0 aliphatic rings. The maximum atomic E-state index is 5.89. The number of hydrogen-bond donors (Lipinski definition) is 1. The van der Waals surface area contributed by atoms with Crippen LogP contribution in [0.1, 0.15) is 5.56 Å². The van der Waals surface area contributed by atoms with E-state index in [4.69, 9.17) is 5.73 Å². The monoisotopic (exact) mass is 224 g/mol. The van der Waals surface area contributed by atoms with Crippen LogP contribution in [0.15, 0.2) is 42.6 Å². The maximum absolute atomic E-state index is 5.89. The zero-order valence-corrected chi connectivity index (χ0v) is 9.46. The predicted molar refractivity (Wildman–Crippen MR) is 68.0 cm³/mol. The molecule has 0 aliphatic heterocycles. The normalized spacial score (nSPS) is 10.9. The standard InChI is InChI=1S/C13H12N4/c1-9-5-2-3-7-11(9)17-13-10(12(14)16-17)6-4-8-15-13/h2-8H,1H3,(H2,14,16). The van der Waals surface area contributed by atoms with Gasteiger partial charge in [-0.05, 0) is 30.7 Å². The van der Waals surface area contributed by atoms with Crippen LogP contribution >= 0.6 is 0 Å². The van der Waals surface area contributed by atoms with Crippen molar-refractivity contribution in [3.8, 4) is 5.69 Å². The molecule has 0 bridgehead atoms. The molecule has 84 valence electrons. The van der Waals surface area contributed by atoms with E-state index in [1.54, 1.807) is 10.9 Å². The molecule has 0 atom stereocenters. The van der Waals surface area contributed by atoms with Crippen molar-refractivity contribution in [2.75, 3.05) is 5.73 Å². The molecular formula is C13H12N4. The van der Waals surface area contributed by atoms with E-state index in [0.29, 0.717) is 5.82 Å². The first kappa shape index (κ1) is 9.84. The first-order valence-corrected chi connectivity index (χ1v) is 5.42. The second-order valence-electron chi connectivity index (χ2n) is 3.96. The van der Waals surface area contributed by atoms with Crippen LogP contribution in [0.4, 0.5) is 5.82 Å². The van der Waals surface area contributed by atoms with Crippen LogP contribution in [0, 0.1) is 6.92 Å². The van der Waals surface area contributed by atoms with Crippen LogP contribution < -0.4 is 5.73 Å². The van der Waals surface area contributed by atoms with E-state index >= 15 is 0 Å². The summed E-state index contributed by atoms with van der Waals surface area (Å²) in [6, 6.07) is 11.8. The highest BCUT2D eigenvalue weighted by Gasteiger charge is 2.10. The number of nitrogen functional groups attached to an aromatic ring is 1. The number of nitrogens with two attached hydrogens (primary N) is 1. The van der Waals surface area contributed by atoms with Gasteiger partial charge in [0.25, 0.3) is 0 Å². The number of para-hydroxylation sites is 1. The summed E-state index contributed by atoms with van der Waals surface area (Å²) in [5.74, 6) is 0.511. The van der Waals surface area contributed by atoms with E-state index in [-0.39, 0.29) is 0 Å². The summed E-state index contributed by atoms with van der Waals surface area (Å²) in [7, 11) is 0. The van der Waals surface area contributed by atoms with Crippen molar-refractivity contribution in [2.45, 2.75) is 6.92 Å². The van der Waals surface area contributed by atoms with Gasteiger partial charge in [-0.2, -0.15) is 0 Å². The second-order valence-corrected chi connectivity index (χ2v) is 3.96. The third-order valence-corrected chi connectivity index (χ3v) is 2.81. The molecule has 0 saturated heterocycles. The van der Waals surface area contributed by atoms with Gasteiger partial charge in [0.05, 0.1) is 11.1 Å².